The first kappa shape index (κ1) is 23.1. The van der Waals surface area contributed by atoms with Gasteiger partial charge in [0.1, 0.15) is 11.5 Å². The minimum Gasteiger partial charge on any atom is -0.508 e. The number of rotatable bonds is 6. The summed E-state index contributed by atoms with van der Waals surface area (Å²) in [7, 11) is -0.982. The van der Waals surface area contributed by atoms with Crippen LogP contribution in [0.4, 0.5) is 0 Å². The van der Waals surface area contributed by atoms with E-state index in [1.807, 2.05) is 12.1 Å². The van der Waals surface area contributed by atoms with E-state index in [1.165, 1.54) is 35.1 Å². The van der Waals surface area contributed by atoms with E-state index < -0.39 is 8.38 Å². The summed E-state index contributed by atoms with van der Waals surface area (Å²) in [5.41, 5.74) is 5.96. The van der Waals surface area contributed by atoms with Crippen molar-refractivity contribution in [1.29, 1.82) is 0 Å². The second-order valence-electron chi connectivity index (χ2n) is 8.45. The summed E-state index contributed by atoms with van der Waals surface area (Å²) in [4.78, 5) is 0. The summed E-state index contributed by atoms with van der Waals surface area (Å²) in [6.45, 7) is 10.0. The van der Waals surface area contributed by atoms with Crippen LogP contribution in [-0.4, -0.2) is 24.7 Å². The molecule has 1 aliphatic heterocycles. The summed E-state index contributed by atoms with van der Waals surface area (Å²) >= 11 is 0. The molecule has 1 aliphatic rings. The van der Waals surface area contributed by atoms with Crippen LogP contribution in [0.25, 0.3) is 0 Å². The van der Waals surface area contributed by atoms with Crippen LogP contribution < -0.4 is 4.74 Å². The number of benzene rings is 2. The van der Waals surface area contributed by atoms with E-state index >= 15 is 0 Å². The largest absolute Gasteiger partial charge is 0.508 e. The van der Waals surface area contributed by atoms with Gasteiger partial charge >= 0.3 is 0 Å². The summed E-state index contributed by atoms with van der Waals surface area (Å²) < 4.78 is 17.8. The molecule has 1 N–H and O–H groups in total. The van der Waals surface area contributed by atoms with Gasteiger partial charge in [0.25, 0.3) is 0 Å². The maximum Gasteiger partial charge on any atom is 0.211 e. The minimum atomic E-state index is -0.982. The highest BCUT2D eigenvalue weighted by molar-refractivity contribution is 7.47. The molecule has 1 saturated heterocycles. The van der Waals surface area contributed by atoms with Crippen molar-refractivity contribution in [3.8, 4) is 11.5 Å². The van der Waals surface area contributed by atoms with Crippen molar-refractivity contribution in [2.45, 2.75) is 65.7 Å². The zero-order valence-electron chi connectivity index (χ0n) is 18.7. The first-order valence-electron chi connectivity index (χ1n) is 11.0. The number of phenols is 1. The first-order valence-corrected chi connectivity index (χ1v) is 12.4. The smallest absolute Gasteiger partial charge is 0.211 e. The van der Waals surface area contributed by atoms with Gasteiger partial charge in [-0.25, -0.2) is 0 Å². The molecule has 164 valence electrons. The monoisotopic (exact) mass is 430 g/mol. The second kappa shape index (κ2) is 11.1. The van der Waals surface area contributed by atoms with Gasteiger partial charge in [-0.2, -0.15) is 0 Å². The highest BCUT2D eigenvalue weighted by atomic mass is 31.2. The average Bonchev–Trinajstić information content (AvgIpc) is 2.84. The Hall–Kier alpha value is -1.61. The van der Waals surface area contributed by atoms with E-state index in [-0.39, 0.29) is 0 Å². The highest BCUT2D eigenvalue weighted by Crippen LogP contribution is 2.40. The Morgan fingerprint density at radius 3 is 2.20 bits per heavy atom. The van der Waals surface area contributed by atoms with Gasteiger partial charge < -0.3 is 18.9 Å². The summed E-state index contributed by atoms with van der Waals surface area (Å²) in [5, 5.41) is 10.1. The predicted molar refractivity (Wildman–Crippen MR) is 124 cm³/mol. The Balaban J connectivity index is 1.67. The fourth-order valence-corrected chi connectivity index (χ4v) is 4.97. The molecule has 1 heterocycles. The zero-order chi connectivity index (χ0) is 21.5. The second-order valence-corrected chi connectivity index (χ2v) is 9.89. The molecule has 30 heavy (non-hydrogen) atoms. The minimum absolute atomic E-state index is 0.298. The number of aryl methyl sites for hydroxylation is 2. The summed E-state index contributed by atoms with van der Waals surface area (Å²) in [6.07, 6.45) is 5.95. The lowest BCUT2D eigenvalue weighted by atomic mass is 9.93. The van der Waals surface area contributed by atoms with Crippen LogP contribution in [0.2, 0.25) is 0 Å². The van der Waals surface area contributed by atoms with Gasteiger partial charge in [0.05, 0.1) is 13.2 Å². The Labute approximate surface area is 182 Å². The quantitative estimate of drug-likeness (QED) is 0.502. The molecule has 0 atom stereocenters. The lowest BCUT2D eigenvalue weighted by Gasteiger charge is -2.19. The molecule has 0 amide bonds. The third-order valence-electron chi connectivity index (χ3n) is 5.61. The van der Waals surface area contributed by atoms with E-state index in [0.29, 0.717) is 18.0 Å². The third-order valence-corrected chi connectivity index (χ3v) is 6.89. The molecule has 5 heteroatoms. The van der Waals surface area contributed by atoms with Crippen LogP contribution in [0.3, 0.4) is 0 Å². The van der Waals surface area contributed by atoms with E-state index in [9.17, 15) is 5.11 Å². The maximum atomic E-state index is 10.1. The molecule has 2 aromatic carbocycles. The van der Waals surface area contributed by atoms with Crippen LogP contribution in [0.15, 0.2) is 30.3 Å². The molecule has 0 aliphatic carbocycles. The van der Waals surface area contributed by atoms with E-state index in [4.69, 9.17) is 13.8 Å². The molecular weight excluding hydrogens is 395 g/mol. The Morgan fingerprint density at radius 2 is 1.60 bits per heavy atom. The lowest BCUT2D eigenvalue weighted by Crippen LogP contribution is -2.04. The molecule has 0 spiro atoms. The fraction of sp³-hybridized carbons (Fsp3) is 0.520. The van der Waals surface area contributed by atoms with Crippen molar-refractivity contribution in [2.24, 2.45) is 0 Å². The van der Waals surface area contributed by atoms with Gasteiger partial charge in [-0.15, -0.1) is 0 Å². The number of hydrogen-bond acceptors (Lipinski definition) is 4. The van der Waals surface area contributed by atoms with Crippen molar-refractivity contribution >= 4 is 8.38 Å². The molecule has 0 radical (unpaired) electrons. The fourth-order valence-electron chi connectivity index (χ4n) is 3.83. The third kappa shape index (κ3) is 6.44. The normalized spacial score (nSPS) is 16.2. The van der Waals surface area contributed by atoms with Crippen molar-refractivity contribution in [2.75, 3.05) is 19.6 Å². The first-order chi connectivity index (χ1) is 14.4. The van der Waals surface area contributed by atoms with Gasteiger partial charge in [0, 0.05) is 0 Å². The summed E-state index contributed by atoms with van der Waals surface area (Å²) in [5.74, 6) is 1.55. The van der Waals surface area contributed by atoms with Gasteiger partial charge in [-0.05, 0) is 85.0 Å². The Bertz CT molecular complexity index is 801. The van der Waals surface area contributed by atoms with Gasteiger partial charge in [0.15, 0.2) is 6.35 Å². The highest BCUT2D eigenvalue weighted by Gasteiger charge is 2.15. The predicted octanol–water partition coefficient (Wildman–Crippen LogP) is 6.98. The molecule has 0 saturated carbocycles. The van der Waals surface area contributed by atoms with Crippen LogP contribution >= 0.6 is 8.38 Å². The van der Waals surface area contributed by atoms with Crippen LogP contribution in [0.5, 0.6) is 11.5 Å². The molecule has 3 rings (SSSR count). The van der Waals surface area contributed by atoms with Crippen molar-refractivity contribution in [3.63, 3.8) is 0 Å². The van der Waals surface area contributed by atoms with Crippen molar-refractivity contribution < 1.29 is 18.9 Å². The molecule has 0 unspecified atom stereocenters. The SMILES string of the molecule is Cc1cc(OCP2OCCCCCCO2)cc(C)c1Cc1ccc(O)c(C(C)C)c1. The standard InChI is InChI=1S/C25H35O4P/c1-18(2)23-15-21(9-10-25(23)26)16-24-19(3)13-22(14-20(24)4)27-17-30-28-11-7-5-6-8-12-29-30/h9-10,13-15,18,26H,5-8,11-12,16-17H2,1-4H3. The van der Waals surface area contributed by atoms with E-state index in [0.717, 1.165) is 43.8 Å². The summed E-state index contributed by atoms with van der Waals surface area (Å²) in [6, 6.07) is 10.2. The topological polar surface area (TPSA) is 47.9 Å². The van der Waals surface area contributed by atoms with Crippen LogP contribution in [0.1, 0.15) is 73.3 Å². The maximum absolute atomic E-state index is 10.1. The Kier molecular flexibility index (Phi) is 8.56. The molecular formula is C25H35O4P. The lowest BCUT2D eigenvalue weighted by molar-refractivity contribution is 0.233. The zero-order valence-corrected chi connectivity index (χ0v) is 19.6. The number of aromatic hydroxyl groups is 1. The van der Waals surface area contributed by atoms with E-state index in [2.05, 4.69) is 45.9 Å². The molecule has 0 aromatic heterocycles. The molecule has 4 nitrogen and oxygen atoms in total. The molecule has 1 fully saturated rings. The number of phenolic OH excluding ortho intramolecular Hbond substituents is 1. The number of hydrogen-bond donors (Lipinski definition) is 1. The van der Waals surface area contributed by atoms with Gasteiger partial charge in [-0.3, -0.25) is 0 Å². The van der Waals surface area contributed by atoms with Crippen molar-refractivity contribution in [1.82, 2.24) is 0 Å². The van der Waals surface area contributed by atoms with Crippen molar-refractivity contribution in [3.05, 3.63) is 58.1 Å². The molecule has 0 bridgehead atoms. The number of ether oxygens (including phenoxy) is 1. The van der Waals surface area contributed by atoms with Crippen LogP contribution in [-0.2, 0) is 15.5 Å². The Morgan fingerprint density at radius 1 is 0.967 bits per heavy atom. The molecule has 2 aromatic rings. The van der Waals surface area contributed by atoms with E-state index in [1.54, 1.807) is 0 Å². The van der Waals surface area contributed by atoms with Crippen LogP contribution in [0, 0.1) is 13.8 Å². The van der Waals surface area contributed by atoms with Gasteiger partial charge in [0.2, 0.25) is 8.38 Å². The van der Waals surface area contributed by atoms with Gasteiger partial charge in [-0.1, -0.05) is 38.8 Å². The average molecular weight is 431 g/mol.